The largest absolute Gasteiger partial charge is 0.376 e. The van der Waals surface area contributed by atoms with Gasteiger partial charge in [-0.3, -0.25) is 19.3 Å². The summed E-state index contributed by atoms with van der Waals surface area (Å²) in [4.78, 5) is 33.8. The molecule has 39 heavy (non-hydrogen) atoms. The first-order valence-corrected chi connectivity index (χ1v) is 14.1. The highest BCUT2D eigenvalue weighted by Crippen LogP contribution is 2.41. The molecule has 11 heteroatoms. The Kier molecular flexibility index (Phi) is 8.18. The van der Waals surface area contributed by atoms with Gasteiger partial charge in [0.25, 0.3) is 5.56 Å². The van der Waals surface area contributed by atoms with Crippen LogP contribution in [0.5, 0.6) is 0 Å². The smallest absolute Gasteiger partial charge is 0.263 e. The Morgan fingerprint density at radius 1 is 1.31 bits per heavy atom. The van der Waals surface area contributed by atoms with Crippen molar-refractivity contribution >= 4 is 46.8 Å². The van der Waals surface area contributed by atoms with E-state index in [1.807, 2.05) is 31.2 Å². The predicted molar refractivity (Wildman–Crippen MR) is 158 cm³/mol. The third-order valence-corrected chi connectivity index (χ3v) is 9.26. The SMILES string of the molecule is C=N/C(=C\N=C(C)N1CCC2(CC1)CO[C@@H](C)[C@H]2N)Sc1ccc2ncn(Cc3ccccn3)c(=O)c2c1Cl. The summed E-state index contributed by atoms with van der Waals surface area (Å²) in [5.74, 6) is 0.901. The normalized spacial score (nSPS) is 21.6. The molecule has 1 aromatic carbocycles. The average Bonchev–Trinajstić information content (AvgIpc) is 3.22. The predicted octanol–water partition coefficient (Wildman–Crippen LogP) is 4.33. The molecule has 2 aliphatic rings. The molecule has 2 aliphatic heterocycles. The number of thioether (sulfide) groups is 1. The lowest BCUT2D eigenvalue weighted by molar-refractivity contribution is 0.0838. The molecule has 2 aromatic heterocycles. The van der Waals surface area contributed by atoms with Crippen molar-refractivity contribution in [2.24, 2.45) is 21.1 Å². The van der Waals surface area contributed by atoms with Gasteiger partial charge in [-0.15, -0.1) is 0 Å². The van der Waals surface area contributed by atoms with Crippen LogP contribution in [0, 0.1) is 5.41 Å². The number of likely N-dealkylation sites (tertiary alicyclic amines) is 1. The quantitative estimate of drug-likeness (QED) is 0.269. The van der Waals surface area contributed by atoms with Gasteiger partial charge in [0, 0.05) is 35.6 Å². The van der Waals surface area contributed by atoms with Gasteiger partial charge in [-0.1, -0.05) is 29.4 Å². The molecule has 1 spiro atoms. The topological polar surface area (TPSA) is 111 Å². The lowest BCUT2D eigenvalue weighted by Gasteiger charge is -2.41. The second kappa shape index (κ2) is 11.6. The summed E-state index contributed by atoms with van der Waals surface area (Å²) in [7, 11) is 0. The van der Waals surface area contributed by atoms with E-state index >= 15 is 0 Å². The number of pyridine rings is 1. The zero-order valence-electron chi connectivity index (χ0n) is 22.1. The molecule has 2 saturated heterocycles. The fourth-order valence-corrected chi connectivity index (χ4v) is 6.31. The van der Waals surface area contributed by atoms with Crippen molar-refractivity contribution in [1.82, 2.24) is 19.4 Å². The molecule has 0 bridgehead atoms. The van der Waals surface area contributed by atoms with Gasteiger partial charge < -0.3 is 15.4 Å². The summed E-state index contributed by atoms with van der Waals surface area (Å²) < 4.78 is 7.35. The Bertz CT molecular complexity index is 1480. The van der Waals surface area contributed by atoms with Crippen molar-refractivity contribution in [1.29, 1.82) is 0 Å². The molecule has 0 amide bonds. The van der Waals surface area contributed by atoms with Crippen molar-refractivity contribution in [3.63, 3.8) is 0 Å². The number of benzene rings is 1. The molecule has 0 saturated carbocycles. The van der Waals surface area contributed by atoms with E-state index < -0.39 is 0 Å². The van der Waals surface area contributed by atoms with E-state index in [1.54, 1.807) is 18.5 Å². The maximum Gasteiger partial charge on any atom is 0.263 e. The van der Waals surface area contributed by atoms with Crippen LogP contribution in [0.3, 0.4) is 0 Å². The third-order valence-electron chi connectivity index (χ3n) is 7.75. The van der Waals surface area contributed by atoms with Gasteiger partial charge in [-0.2, -0.15) is 0 Å². The lowest BCUT2D eigenvalue weighted by atomic mass is 9.73. The molecule has 0 aliphatic carbocycles. The van der Waals surface area contributed by atoms with E-state index in [0.29, 0.717) is 32.4 Å². The number of piperidine rings is 1. The number of nitrogens with two attached hydrogens (primary N) is 1. The van der Waals surface area contributed by atoms with E-state index in [0.717, 1.165) is 44.1 Å². The summed E-state index contributed by atoms with van der Waals surface area (Å²) in [5.41, 5.74) is 7.58. The van der Waals surface area contributed by atoms with Crippen LogP contribution in [0.25, 0.3) is 10.9 Å². The monoisotopic (exact) mass is 565 g/mol. The fraction of sp³-hybridized carbons (Fsp3) is 0.393. The lowest BCUT2D eigenvalue weighted by Crippen LogP contribution is -2.51. The number of hydrogen-bond donors (Lipinski definition) is 1. The van der Waals surface area contributed by atoms with E-state index in [9.17, 15) is 4.79 Å². The number of fused-ring (bicyclic) bond motifs is 1. The number of aromatic nitrogens is 3. The fourth-order valence-electron chi connectivity index (χ4n) is 5.23. The van der Waals surface area contributed by atoms with Gasteiger partial charge in [0.2, 0.25) is 0 Å². The van der Waals surface area contributed by atoms with Gasteiger partial charge >= 0.3 is 0 Å². The molecular weight excluding hydrogens is 534 g/mol. The molecule has 2 fully saturated rings. The third kappa shape index (κ3) is 5.65. The van der Waals surface area contributed by atoms with Crippen LogP contribution >= 0.6 is 23.4 Å². The molecule has 0 radical (unpaired) electrons. The van der Waals surface area contributed by atoms with E-state index in [4.69, 9.17) is 22.1 Å². The number of ether oxygens (including phenoxy) is 1. The number of aliphatic imine (C=N–C) groups is 2. The zero-order chi connectivity index (χ0) is 27.6. The molecule has 2 atom stereocenters. The summed E-state index contributed by atoms with van der Waals surface area (Å²) in [6, 6.07) is 9.27. The van der Waals surface area contributed by atoms with Crippen LogP contribution in [0.2, 0.25) is 5.02 Å². The number of halogens is 1. The second-order valence-corrected chi connectivity index (χ2v) is 11.5. The van der Waals surface area contributed by atoms with Gasteiger partial charge in [0.1, 0.15) is 10.9 Å². The molecular formula is C28H32ClN7O2S. The van der Waals surface area contributed by atoms with Crippen molar-refractivity contribution in [2.45, 2.75) is 50.3 Å². The zero-order valence-corrected chi connectivity index (χ0v) is 23.7. The van der Waals surface area contributed by atoms with Crippen LogP contribution in [-0.4, -0.2) is 63.8 Å². The van der Waals surface area contributed by atoms with Gasteiger partial charge in [0.05, 0.1) is 53.4 Å². The van der Waals surface area contributed by atoms with Crippen LogP contribution < -0.4 is 11.3 Å². The minimum atomic E-state index is -0.228. The Hall–Kier alpha value is -3.05. The van der Waals surface area contributed by atoms with Gasteiger partial charge in [0.15, 0.2) is 0 Å². The van der Waals surface area contributed by atoms with Gasteiger partial charge in [-0.05, 0) is 57.7 Å². The highest BCUT2D eigenvalue weighted by Gasteiger charge is 2.47. The molecule has 0 unspecified atom stereocenters. The van der Waals surface area contributed by atoms with Crippen LogP contribution in [0.1, 0.15) is 32.4 Å². The average molecular weight is 566 g/mol. The first-order valence-electron chi connectivity index (χ1n) is 12.9. The molecule has 3 aromatic rings. The maximum absolute atomic E-state index is 13.3. The Morgan fingerprint density at radius 3 is 2.77 bits per heavy atom. The van der Waals surface area contributed by atoms with Crippen molar-refractivity contribution < 1.29 is 4.74 Å². The first-order chi connectivity index (χ1) is 18.8. The van der Waals surface area contributed by atoms with E-state index in [1.165, 1.54) is 22.7 Å². The van der Waals surface area contributed by atoms with Crippen molar-refractivity contribution in [3.05, 3.63) is 75.2 Å². The summed E-state index contributed by atoms with van der Waals surface area (Å²) in [6.07, 6.45) is 6.97. The molecule has 9 nitrogen and oxygen atoms in total. The molecule has 204 valence electrons. The minimum Gasteiger partial charge on any atom is -0.376 e. The van der Waals surface area contributed by atoms with E-state index in [2.05, 4.69) is 38.5 Å². The summed E-state index contributed by atoms with van der Waals surface area (Å²) in [5, 5.41) is 1.25. The Balaban J connectivity index is 1.32. The minimum absolute atomic E-state index is 0.0631. The molecule has 4 heterocycles. The van der Waals surface area contributed by atoms with Crippen LogP contribution in [-0.2, 0) is 11.3 Å². The van der Waals surface area contributed by atoms with Gasteiger partial charge in [-0.25, -0.2) is 9.98 Å². The van der Waals surface area contributed by atoms with E-state index in [-0.39, 0.29) is 23.1 Å². The van der Waals surface area contributed by atoms with Crippen LogP contribution in [0.15, 0.2) is 73.8 Å². The highest BCUT2D eigenvalue weighted by atomic mass is 35.5. The standard InChI is InChI=1S/C28H32ClN7O2S/c1-18-26(30)28(16-38-18)9-12-35(13-10-28)19(2)33-14-23(31-3)39-22-8-7-21-24(25(22)29)27(37)36(17-34-21)15-20-6-4-5-11-32-20/h4-8,11,14,17-18,26H,3,9-10,12-13,15-16,30H2,1-2H3/b23-14+,33-19?/t18-,26+/m0/s1. The van der Waals surface area contributed by atoms with Crippen LogP contribution in [0.4, 0.5) is 0 Å². The Morgan fingerprint density at radius 2 is 2.10 bits per heavy atom. The Labute approximate surface area is 236 Å². The summed E-state index contributed by atoms with van der Waals surface area (Å²) >= 11 is 8.05. The first kappa shape index (κ1) is 27.5. The maximum atomic E-state index is 13.3. The number of hydrogen-bond acceptors (Lipinski definition) is 8. The molecule has 2 N–H and O–H groups in total. The number of amidine groups is 1. The number of rotatable bonds is 6. The number of nitrogens with zero attached hydrogens (tertiary/aromatic N) is 6. The van der Waals surface area contributed by atoms with Crippen molar-refractivity contribution in [3.8, 4) is 0 Å². The summed E-state index contributed by atoms with van der Waals surface area (Å²) in [6.45, 7) is 10.6. The van der Waals surface area contributed by atoms with Crippen molar-refractivity contribution in [2.75, 3.05) is 19.7 Å². The molecule has 5 rings (SSSR count). The second-order valence-electron chi connectivity index (χ2n) is 10.1. The highest BCUT2D eigenvalue weighted by molar-refractivity contribution is 8.03.